The van der Waals surface area contributed by atoms with Crippen molar-refractivity contribution in [3.05, 3.63) is 161 Å². The van der Waals surface area contributed by atoms with Gasteiger partial charge in [0.2, 0.25) is 0 Å². The third kappa shape index (κ3) is 9.57. The number of hydrogen-bond donors (Lipinski definition) is 2. The average molecular weight is 967 g/mol. The number of carbonyl (C=O) groups is 2. The van der Waals surface area contributed by atoms with Crippen molar-refractivity contribution in [3.63, 3.8) is 0 Å². The molecule has 0 bridgehead atoms. The highest BCUT2D eigenvalue weighted by molar-refractivity contribution is 8.18. The zero-order chi connectivity index (χ0) is 46.1. The summed E-state index contributed by atoms with van der Waals surface area (Å²) in [4.78, 5) is 42.2. The Bertz CT molecular complexity index is 2480. The van der Waals surface area contributed by atoms with Crippen molar-refractivity contribution in [2.24, 2.45) is 21.8 Å². The van der Waals surface area contributed by atoms with Gasteiger partial charge in [0.1, 0.15) is 20.9 Å². The molecule has 4 aromatic rings. The van der Waals surface area contributed by atoms with Gasteiger partial charge in [0.05, 0.1) is 12.1 Å². The largest absolute Gasteiger partial charge is 0.477 e. The minimum Gasteiger partial charge on any atom is -0.477 e. The van der Waals surface area contributed by atoms with E-state index in [0.717, 1.165) is 43.7 Å². The molecule has 1 amide bonds. The van der Waals surface area contributed by atoms with Gasteiger partial charge in [-0.05, 0) is 134 Å². The summed E-state index contributed by atoms with van der Waals surface area (Å²) in [5.74, 6) is -0.724. The van der Waals surface area contributed by atoms with Crippen LogP contribution in [0.15, 0.2) is 128 Å². The van der Waals surface area contributed by atoms with Gasteiger partial charge < -0.3 is 25.1 Å². The molecule has 0 saturated heterocycles. The fourth-order valence-corrected chi connectivity index (χ4v) is 11.5. The molecule has 0 radical (unpaired) electrons. The first-order valence-electron chi connectivity index (χ1n) is 20.5. The number of aliphatic carboxylic acids is 1. The lowest BCUT2D eigenvalue weighted by Gasteiger charge is -2.37. The zero-order valence-corrected chi connectivity index (χ0v) is 41.5. The maximum atomic E-state index is 13.0. The molecule has 0 unspecified atom stereocenters. The molecule has 4 heterocycles. The fourth-order valence-electron chi connectivity index (χ4n) is 8.33. The van der Waals surface area contributed by atoms with Crippen molar-refractivity contribution in [1.29, 1.82) is 0 Å². The molecule has 4 aliphatic heterocycles. The molecule has 2 N–H and O–H groups in total. The Labute approximate surface area is 399 Å². The number of nitrogens with one attached hydrogen (secondary N) is 1. The van der Waals surface area contributed by atoms with Crippen LogP contribution in [-0.4, -0.2) is 70.2 Å². The van der Waals surface area contributed by atoms with Crippen molar-refractivity contribution in [2.45, 2.75) is 64.7 Å². The topological polar surface area (TPSA) is 101 Å². The van der Waals surface area contributed by atoms with Gasteiger partial charge in [0, 0.05) is 45.6 Å². The van der Waals surface area contributed by atoms with E-state index in [-0.39, 0.29) is 29.8 Å². The quantitative estimate of drug-likeness (QED) is 0.180. The van der Waals surface area contributed by atoms with Crippen LogP contribution in [0.4, 0.5) is 0 Å². The summed E-state index contributed by atoms with van der Waals surface area (Å²) < 4.78 is 0. The van der Waals surface area contributed by atoms with Crippen molar-refractivity contribution < 1.29 is 14.7 Å². The van der Waals surface area contributed by atoms with E-state index in [2.05, 4.69) is 42.8 Å². The standard InChI is InChI=1S/C24H25Cl2N3OS.C22H20Cl2N2O2S.C2H7N/c1-14(2)19-20(22(30)28(4)5)31-23-27-24(3,16-8-12-18(26)13-9-16)21(29(19)23)15-6-10-17(25)11-7-15;1-12(2)17-18(20(27)28)29-21-25-22(3,14-6-10-16(24)11-7-14)19(26(17)21)13-4-8-15(23)9-5-13;1-3-2/h6-14,21H,1-5H3;4-12,19H,1-3H3,(H,27,28);3H,1-2H3/t21-,24+;19-,22+;/m00./s1. The lowest BCUT2D eigenvalue weighted by atomic mass is 9.81. The van der Waals surface area contributed by atoms with Crippen LogP contribution < -0.4 is 5.32 Å². The molecule has 0 aliphatic carbocycles. The zero-order valence-electron chi connectivity index (χ0n) is 36.9. The summed E-state index contributed by atoms with van der Waals surface area (Å²) in [5, 5.41) is 16.8. The number of amides is 1. The summed E-state index contributed by atoms with van der Waals surface area (Å²) in [6.07, 6.45) is 0. The molecule has 9 nitrogen and oxygen atoms in total. The van der Waals surface area contributed by atoms with Gasteiger partial charge in [-0.1, -0.05) is 123 Å². The second kappa shape index (κ2) is 19.7. The van der Waals surface area contributed by atoms with E-state index in [1.807, 2.05) is 125 Å². The molecule has 4 aromatic carbocycles. The van der Waals surface area contributed by atoms with E-state index >= 15 is 0 Å². The molecular formula is C48H52Cl4N6O3S2. The van der Waals surface area contributed by atoms with Gasteiger partial charge in [0.25, 0.3) is 5.91 Å². The highest BCUT2D eigenvalue weighted by Crippen LogP contribution is 2.58. The molecule has 63 heavy (non-hydrogen) atoms. The van der Waals surface area contributed by atoms with Crippen LogP contribution in [0.2, 0.25) is 20.1 Å². The number of likely N-dealkylation sites (N-methyl/N-ethyl adjacent to an activating group) is 1. The SMILES string of the molecule is CC(C)C1=C(C(=O)N(C)C)SC2=N[C@](C)(c3ccc(Cl)cc3)[C@H](c3ccc(Cl)cc3)N21.CC(C)C1=C(C(=O)O)SC2=N[C@](C)(c3ccc(Cl)cc3)[C@H](c3ccc(Cl)cc3)N21.CNC. The molecular weight excluding hydrogens is 915 g/mol. The first-order chi connectivity index (χ1) is 29.8. The number of carboxylic acids is 1. The van der Waals surface area contributed by atoms with Crippen molar-refractivity contribution in [1.82, 2.24) is 20.0 Å². The van der Waals surface area contributed by atoms with Crippen LogP contribution in [-0.2, 0) is 20.7 Å². The number of thioether (sulfide) groups is 2. The Hall–Kier alpha value is -3.94. The van der Waals surface area contributed by atoms with E-state index in [1.165, 1.54) is 23.5 Å². The highest BCUT2D eigenvalue weighted by Gasteiger charge is 2.54. The molecule has 0 aromatic heterocycles. The summed E-state index contributed by atoms with van der Waals surface area (Å²) in [7, 11) is 7.32. The fraction of sp³-hybridized carbons (Fsp3) is 0.333. The Kier molecular flexibility index (Phi) is 15.1. The number of benzene rings is 4. The van der Waals surface area contributed by atoms with Crippen LogP contribution >= 0.6 is 69.9 Å². The predicted octanol–water partition coefficient (Wildman–Crippen LogP) is 12.5. The predicted molar refractivity (Wildman–Crippen MR) is 265 cm³/mol. The summed E-state index contributed by atoms with van der Waals surface area (Å²) in [6.45, 7) is 12.5. The van der Waals surface area contributed by atoms with Crippen LogP contribution in [0.25, 0.3) is 0 Å². The summed E-state index contributed by atoms with van der Waals surface area (Å²) >= 11 is 27.3. The monoisotopic (exact) mass is 964 g/mol. The van der Waals surface area contributed by atoms with Crippen molar-refractivity contribution in [2.75, 3.05) is 28.2 Å². The van der Waals surface area contributed by atoms with Crippen molar-refractivity contribution in [3.8, 4) is 0 Å². The maximum absolute atomic E-state index is 13.0. The van der Waals surface area contributed by atoms with Gasteiger partial charge >= 0.3 is 5.97 Å². The Morgan fingerprint density at radius 3 is 1.22 bits per heavy atom. The number of halogens is 4. The van der Waals surface area contributed by atoms with E-state index < -0.39 is 17.0 Å². The number of carboxylic acid groups (broad SMARTS) is 1. The van der Waals surface area contributed by atoms with Gasteiger partial charge in [-0.25, -0.2) is 14.8 Å². The molecule has 15 heteroatoms. The molecule has 332 valence electrons. The maximum Gasteiger partial charge on any atom is 0.344 e. The lowest BCUT2D eigenvalue weighted by molar-refractivity contribution is -0.132. The smallest absolute Gasteiger partial charge is 0.344 e. The number of allylic oxidation sites excluding steroid dienone is 2. The summed E-state index contributed by atoms with van der Waals surface area (Å²) in [5.41, 5.74) is 4.86. The van der Waals surface area contributed by atoms with Crippen LogP contribution in [0, 0.1) is 11.8 Å². The molecule has 0 saturated carbocycles. The molecule has 4 aliphatic rings. The first kappa shape index (κ1) is 48.5. The van der Waals surface area contributed by atoms with Crippen molar-refractivity contribution >= 4 is 92.1 Å². The molecule has 0 fully saturated rings. The normalized spacial score (nSPS) is 22.3. The minimum absolute atomic E-state index is 0.00820. The number of fused-ring (bicyclic) bond motifs is 2. The number of amidine groups is 2. The second-order valence-electron chi connectivity index (χ2n) is 16.7. The number of aliphatic imine (C=N–C) groups is 2. The number of rotatable bonds is 8. The highest BCUT2D eigenvalue weighted by atomic mass is 35.5. The van der Waals surface area contributed by atoms with Crippen LogP contribution in [0.5, 0.6) is 0 Å². The first-order valence-corrected chi connectivity index (χ1v) is 23.6. The molecule has 8 rings (SSSR count). The average Bonchev–Trinajstić information content (AvgIpc) is 3.94. The van der Waals surface area contributed by atoms with E-state index in [4.69, 9.17) is 56.4 Å². The van der Waals surface area contributed by atoms with Gasteiger partial charge in [0.15, 0.2) is 10.3 Å². The van der Waals surface area contributed by atoms with Crippen LogP contribution in [0.3, 0.4) is 0 Å². The van der Waals surface area contributed by atoms with Gasteiger partial charge in [-0.3, -0.25) is 4.79 Å². The summed E-state index contributed by atoms with van der Waals surface area (Å²) in [6, 6.07) is 30.9. The second-order valence-corrected chi connectivity index (χ2v) is 20.4. The number of nitrogens with zero attached hydrogens (tertiary/aromatic N) is 5. The number of carbonyl (C=O) groups excluding carboxylic acids is 1. The lowest BCUT2D eigenvalue weighted by Crippen LogP contribution is -2.36. The minimum atomic E-state index is -0.918. The molecule has 0 spiro atoms. The third-order valence-electron chi connectivity index (χ3n) is 11.1. The Morgan fingerprint density at radius 2 is 0.921 bits per heavy atom. The number of hydrogen-bond acceptors (Lipinski definition) is 9. The van der Waals surface area contributed by atoms with E-state index in [9.17, 15) is 14.7 Å². The Balaban J connectivity index is 0.000000198. The Morgan fingerprint density at radius 1 is 0.619 bits per heavy atom. The third-order valence-corrected chi connectivity index (χ3v) is 14.3. The van der Waals surface area contributed by atoms with Crippen LogP contribution in [0.1, 0.15) is 75.9 Å². The molecule has 4 atom stereocenters. The van der Waals surface area contributed by atoms with E-state index in [1.54, 1.807) is 19.0 Å². The van der Waals surface area contributed by atoms with Gasteiger partial charge in [-0.2, -0.15) is 0 Å². The van der Waals surface area contributed by atoms with Gasteiger partial charge in [-0.15, -0.1) is 0 Å². The van der Waals surface area contributed by atoms with E-state index in [0.29, 0.717) is 30.2 Å².